The normalized spacial score (nSPS) is 19.0. The van der Waals surface area contributed by atoms with Crippen LogP contribution in [0.2, 0.25) is 0 Å². The minimum absolute atomic E-state index is 0.0383. The van der Waals surface area contributed by atoms with Gasteiger partial charge in [-0.05, 0) is 36.6 Å². The van der Waals surface area contributed by atoms with Crippen molar-refractivity contribution in [1.82, 2.24) is 4.90 Å². The van der Waals surface area contributed by atoms with Crippen molar-refractivity contribution in [2.75, 3.05) is 25.1 Å². The number of anilines is 1. The standard InChI is InChI=1S/C18H26N2O3/c1-13-17(22)20(14-6-8-15(23-5)9-7-14)11-10-19(13)16(21)12-18(2,3)4/h6-9,13H,10-12H2,1-5H3. The number of hydrogen-bond acceptors (Lipinski definition) is 3. The number of amides is 2. The van der Waals surface area contributed by atoms with Crippen LogP contribution in [-0.4, -0.2) is 43.0 Å². The Hall–Kier alpha value is -2.04. The molecule has 5 heteroatoms. The van der Waals surface area contributed by atoms with Crippen molar-refractivity contribution < 1.29 is 14.3 Å². The average molecular weight is 318 g/mol. The van der Waals surface area contributed by atoms with Crippen molar-refractivity contribution >= 4 is 17.5 Å². The van der Waals surface area contributed by atoms with Gasteiger partial charge in [-0.15, -0.1) is 0 Å². The van der Waals surface area contributed by atoms with Crippen LogP contribution in [0.25, 0.3) is 0 Å². The van der Waals surface area contributed by atoms with E-state index in [0.717, 1.165) is 11.4 Å². The second-order valence-electron chi connectivity index (χ2n) is 7.19. The van der Waals surface area contributed by atoms with Gasteiger partial charge in [0, 0.05) is 25.2 Å². The number of carbonyl (C=O) groups is 2. The van der Waals surface area contributed by atoms with Crippen LogP contribution in [-0.2, 0) is 9.59 Å². The van der Waals surface area contributed by atoms with Gasteiger partial charge in [-0.25, -0.2) is 0 Å². The van der Waals surface area contributed by atoms with E-state index in [9.17, 15) is 9.59 Å². The SMILES string of the molecule is COc1ccc(N2CCN(C(=O)CC(C)(C)C)C(C)C2=O)cc1. The van der Waals surface area contributed by atoms with Crippen LogP contribution < -0.4 is 9.64 Å². The Balaban J connectivity index is 2.10. The molecule has 126 valence electrons. The fourth-order valence-electron chi connectivity index (χ4n) is 2.78. The second-order valence-corrected chi connectivity index (χ2v) is 7.19. The van der Waals surface area contributed by atoms with Gasteiger partial charge in [0.2, 0.25) is 11.8 Å². The molecule has 0 N–H and O–H groups in total. The smallest absolute Gasteiger partial charge is 0.249 e. The highest BCUT2D eigenvalue weighted by Crippen LogP contribution is 2.25. The molecular weight excluding hydrogens is 292 g/mol. The van der Waals surface area contributed by atoms with Gasteiger partial charge in [0.25, 0.3) is 0 Å². The number of carbonyl (C=O) groups excluding carboxylic acids is 2. The predicted octanol–water partition coefficient (Wildman–Crippen LogP) is 2.70. The first kappa shape index (κ1) is 17.3. The number of methoxy groups -OCH3 is 1. The van der Waals surface area contributed by atoms with Crippen LogP contribution in [0.1, 0.15) is 34.1 Å². The van der Waals surface area contributed by atoms with Crippen molar-refractivity contribution in [3.63, 3.8) is 0 Å². The van der Waals surface area contributed by atoms with Crippen LogP contribution >= 0.6 is 0 Å². The van der Waals surface area contributed by atoms with Crippen LogP contribution in [0.3, 0.4) is 0 Å². The van der Waals surface area contributed by atoms with Crippen LogP contribution in [0.5, 0.6) is 5.75 Å². The number of hydrogen-bond donors (Lipinski definition) is 0. The molecule has 1 heterocycles. The van der Waals surface area contributed by atoms with Crippen LogP contribution in [0.4, 0.5) is 5.69 Å². The van der Waals surface area contributed by atoms with E-state index < -0.39 is 6.04 Å². The van der Waals surface area contributed by atoms with E-state index in [1.165, 1.54) is 0 Å². The zero-order chi connectivity index (χ0) is 17.2. The first-order valence-electron chi connectivity index (χ1n) is 7.98. The first-order valence-corrected chi connectivity index (χ1v) is 7.98. The lowest BCUT2D eigenvalue weighted by Gasteiger charge is -2.40. The second kappa shape index (κ2) is 6.60. The van der Waals surface area contributed by atoms with E-state index in [1.54, 1.807) is 23.8 Å². The summed E-state index contributed by atoms with van der Waals surface area (Å²) in [6, 6.07) is 6.99. The molecule has 0 saturated carbocycles. The summed E-state index contributed by atoms with van der Waals surface area (Å²) in [6.07, 6.45) is 0.452. The highest BCUT2D eigenvalue weighted by atomic mass is 16.5. The molecule has 1 aliphatic heterocycles. The topological polar surface area (TPSA) is 49.9 Å². The molecule has 1 saturated heterocycles. The monoisotopic (exact) mass is 318 g/mol. The Bertz CT molecular complexity index is 575. The number of rotatable bonds is 3. The molecular formula is C18H26N2O3. The van der Waals surface area contributed by atoms with Crippen molar-refractivity contribution in [1.29, 1.82) is 0 Å². The van der Waals surface area contributed by atoms with E-state index in [1.807, 2.05) is 45.0 Å². The summed E-state index contributed by atoms with van der Waals surface area (Å²) in [5.74, 6) is 0.768. The Kier molecular flexibility index (Phi) is 4.97. The maximum Gasteiger partial charge on any atom is 0.249 e. The van der Waals surface area contributed by atoms with E-state index >= 15 is 0 Å². The largest absolute Gasteiger partial charge is 0.497 e. The zero-order valence-electron chi connectivity index (χ0n) is 14.6. The van der Waals surface area contributed by atoms with E-state index in [-0.39, 0.29) is 17.2 Å². The van der Waals surface area contributed by atoms with Gasteiger partial charge in [-0.1, -0.05) is 20.8 Å². The molecule has 2 rings (SSSR count). The van der Waals surface area contributed by atoms with Gasteiger partial charge in [0.1, 0.15) is 11.8 Å². The molecule has 0 bridgehead atoms. The minimum Gasteiger partial charge on any atom is -0.497 e. The predicted molar refractivity (Wildman–Crippen MR) is 90.6 cm³/mol. The molecule has 5 nitrogen and oxygen atoms in total. The van der Waals surface area contributed by atoms with Gasteiger partial charge in [0.15, 0.2) is 0 Å². The van der Waals surface area contributed by atoms with Crippen molar-refractivity contribution in [3.8, 4) is 5.75 Å². The Morgan fingerprint density at radius 2 is 1.83 bits per heavy atom. The summed E-state index contributed by atoms with van der Waals surface area (Å²) in [5, 5.41) is 0. The van der Waals surface area contributed by atoms with Gasteiger partial charge >= 0.3 is 0 Å². The lowest BCUT2D eigenvalue weighted by Crippen LogP contribution is -2.58. The molecule has 2 amide bonds. The maximum atomic E-state index is 12.7. The van der Waals surface area contributed by atoms with E-state index in [2.05, 4.69) is 0 Å². The molecule has 1 aromatic rings. The van der Waals surface area contributed by atoms with Crippen molar-refractivity contribution in [2.24, 2.45) is 5.41 Å². The molecule has 23 heavy (non-hydrogen) atoms. The zero-order valence-corrected chi connectivity index (χ0v) is 14.6. The number of nitrogens with zero attached hydrogens (tertiary/aromatic N) is 2. The lowest BCUT2D eigenvalue weighted by molar-refractivity contribution is -0.142. The summed E-state index contributed by atoms with van der Waals surface area (Å²) in [7, 11) is 1.61. The Labute approximate surface area is 138 Å². The Morgan fingerprint density at radius 3 is 2.35 bits per heavy atom. The van der Waals surface area contributed by atoms with Gasteiger partial charge in [-0.2, -0.15) is 0 Å². The minimum atomic E-state index is -0.430. The number of ether oxygens (including phenoxy) is 1. The summed E-state index contributed by atoms with van der Waals surface area (Å²) >= 11 is 0. The Morgan fingerprint density at radius 1 is 1.22 bits per heavy atom. The van der Waals surface area contributed by atoms with Crippen molar-refractivity contribution in [3.05, 3.63) is 24.3 Å². The highest BCUT2D eigenvalue weighted by molar-refractivity contribution is 6.00. The third-order valence-corrected chi connectivity index (χ3v) is 4.04. The fourth-order valence-corrected chi connectivity index (χ4v) is 2.78. The summed E-state index contributed by atoms with van der Waals surface area (Å²) in [6.45, 7) is 8.98. The van der Waals surface area contributed by atoms with E-state index in [0.29, 0.717) is 19.5 Å². The maximum absolute atomic E-state index is 12.7. The third-order valence-electron chi connectivity index (χ3n) is 4.04. The molecule has 1 unspecified atom stereocenters. The molecule has 1 fully saturated rings. The number of piperazine rings is 1. The van der Waals surface area contributed by atoms with Gasteiger partial charge in [0.05, 0.1) is 7.11 Å². The quantitative estimate of drug-likeness (QED) is 0.861. The van der Waals surface area contributed by atoms with Gasteiger partial charge in [-0.3, -0.25) is 9.59 Å². The summed E-state index contributed by atoms with van der Waals surface area (Å²) in [5.41, 5.74) is 0.762. The molecule has 1 aliphatic rings. The fraction of sp³-hybridized carbons (Fsp3) is 0.556. The lowest BCUT2D eigenvalue weighted by atomic mass is 9.91. The number of benzene rings is 1. The first-order chi connectivity index (χ1) is 10.7. The molecule has 1 atom stereocenters. The average Bonchev–Trinajstić information content (AvgIpc) is 2.48. The van der Waals surface area contributed by atoms with Crippen LogP contribution in [0, 0.1) is 5.41 Å². The van der Waals surface area contributed by atoms with Crippen molar-refractivity contribution in [2.45, 2.75) is 40.2 Å². The molecule has 0 aliphatic carbocycles. The third kappa shape index (κ3) is 4.03. The highest BCUT2D eigenvalue weighted by Gasteiger charge is 2.35. The van der Waals surface area contributed by atoms with Gasteiger partial charge < -0.3 is 14.5 Å². The van der Waals surface area contributed by atoms with Crippen LogP contribution in [0.15, 0.2) is 24.3 Å². The summed E-state index contributed by atoms with van der Waals surface area (Å²) in [4.78, 5) is 28.5. The molecule has 1 aromatic carbocycles. The molecule has 0 aromatic heterocycles. The molecule has 0 radical (unpaired) electrons. The van der Waals surface area contributed by atoms with E-state index in [4.69, 9.17) is 4.74 Å². The molecule has 0 spiro atoms. The summed E-state index contributed by atoms with van der Waals surface area (Å²) < 4.78 is 5.14.